The van der Waals surface area contributed by atoms with E-state index in [4.69, 9.17) is 0 Å². The smallest absolute Gasteiger partial charge is 0.0625 e. The highest BCUT2D eigenvalue weighted by Gasteiger charge is 2.25. The quantitative estimate of drug-likeness (QED) is 0.155. The van der Waals surface area contributed by atoms with E-state index < -0.39 is 0 Å². The maximum atomic E-state index is 2.49. The summed E-state index contributed by atoms with van der Waals surface area (Å²) >= 11 is 0. The van der Waals surface area contributed by atoms with Gasteiger partial charge >= 0.3 is 0 Å². The fourth-order valence-electron chi connectivity index (χ4n) is 7.51. The summed E-state index contributed by atoms with van der Waals surface area (Å²) in [6.45, 7) is 0. The first kappa shape index (κ1) is 30.4. The van der Waals surface area contributed by atoms with Gasteiger partial charge in [0.25, 0.3) is 0 Å². The largest absolute Gasteiger partial charge is 0.309 e. The molecule has 1 nitrogen and oxygen atoms in total. The molecule has 0 aliphatic carbocycles. The zero-order valence-corrected chi connectivity index (χ0v) is 28.2. The summed E-state index contributed by atoms with van der Waals surface area (Å²) in [5, 5.41) is 4.88. The van der Waals surface area contributed by atoms with Gasteiger partial charge in [-0.25, -0.2) is 0 Å². The van der Waals surface area contributed by atoms with Gasteiger partial charge < -0.3 is 4.90 Å². The number of rotatable bonds is 7. The molecule has 0 saturated carbocycles. The average molecular weight is 650 g/mol. The normalized spacial score (nSPS) is 11.1. The van der Waals surface area contributed by atoms with Gasteiger partial charge in [-0.05, 0) is 85.9 Å². The molecule has 0 heterocycles. The summed E-state index contributed by atoms with van der Waals surface area (Å²) in [5.74, 6) is 0. The van der Waals surface area contributed by atoms with Crippen LogP contribution in [-0.4, -0.2) is 0 Å². The van der Waals surface area contributed by atoms with E-state index in [9.17, 15) is 0 Å². The van der Waals surface area contributed by atoms with Gasteiger partial charge in [-0.15, -0.1) is 0 Å². The van der Waals surface area contributed by atoms with E-state index >= 15 is 0 Å². The van der Waals surface area contributed by atoms with Crippen LogP contribution in [0.25, 0.3) is 66.1 Å². The molecule has 51 heavy (non-hydrogen) atoms. The van der Waals surface area contributed by atoms with E-state index in [1.165, 1.54) is 66.1 Å². The Kier molecular flexibility index (Phi) is 7.92. The molecule has 0 atom stereocenters. The SMILES string of the molecule is c1ccc(-c2cc(-c3ccccc3)cc(-c3c(N(c4ccccc4)c4ccccc4-c4ccccc4)c4ccccc4c4ccccc34)c2)cc1. The number of fused-ring (bicyclic) bond motifs is 3. The number of benzene rings is 9. The Morgan fingerprint density at radius 2 is 0.686 bits per heavy atom. The van der Waals surface area contributed by atoms with Gasteiger partial charge in [-0.2, -0.15) is 0 Å². The Morgan fingerprint density at radius 1 is 0.275 bits per heavy atom. The molecular weight excluding hydrogens is 615 g/mol. The molecule has 0 radical (unpaired) electrons. The Balaban J connectivity index is 1.45. The second-order valence-electron chi connectivity index (χ2n) is 12.9. The van der Waals surface area contributed by atoms with Crippen LogP contribution in [0.2, 0.25) is 0 Å². The Bertz CT molecular complexity index is 2550. The second-order valence-corrected chi connectivity index (χ2v) is 12.9. The van der Waals surface area contributed by atoms with Gasteiger partial charge in [0, 0.05) is 22.2 Å². The van der Waals surface area contributed by atoms with Crippen LogP contribution in [0, 0.1) is 0 Å². The maximum absolute atomic E-state index is 2.49. The van der Waals surface area contributed by atoms with E-state index in [2.05, 4.69) is 217 Å². The average Bonchev–Trinajstić information content (AvgIpc) is 3.22. The van der Waals surface area contributed by atoms with E-state index in [1.807, 2.05) is 0 Å². The van der Waals surface area contributed by atoms with Crippen molar-refractivity contribution in [2.45, 2.75) is 0 Å². The first-order valence-electron chi connectivity index (χ1n) is 17.5. The molecule has 9 aromatic rings. The lowest BCUT2D eigenvalue weighted by molar-refractivity contribution is 1.30. The summed E-state index contributed by atoms with van der Waals surface area (Å²) in [5.41, 5.74) is 12.9. The summed E-state index contributed by atoms with van der Waals surface area (Å²) in [6, 6.07) is 76.8. The van der Waals surface area contributed by atoms with Crippen LogP contribution < -0.4 is 4.90 Å². The molecular formula is C50H35N. The number of hydrogen-bond donors (Lipinski definition) is 0. The van der Waals surface area contributed by atoms with Crippen molar-refractivity contribution >= 4 is 38.6 Å². The zero-order chi connectivity index (χ0) is 34.0. The Labute approximate surface area is 299 Å². The summed E-state index contributed by atoms with van der Waals surface area (Å²) < 4.78 is 0. The molecule has 0 amide bonds. The monoisotopic (exact) mass is 649 g/mol. The van der Waals surface area contributed by atoms with Gasteiger partial charge in [0.15, 0.2) is 0 Å². The lowest BCUT2D eigenvalue weighted by atomic mass is 9.87. The Morgan fingerprint density at radius 3 is 1.27 bits per heavy atom. The lowest BCUT2D eigenvalue weighted by Crippen LogP contribution is -2.13. The Hall–Kier alpha value is -6.70. The fraction of sp³-hybridized carbons (Fsp3) is 0. The highest BCUT2D eigenvalue weighted by Crippen LogP contribution is 2.51. The van der Waals surface area contributed by atoms with Crippen LogP contribution in [0.1, 0.15) is 0 Å². The summed E-state index contributed by atoms with van der Waals surface area (Å²) in [7, 11) is 0. The van der Waals surface area contributed by atoms with Crippen LogP contribution in [0.3, 0.4) is 0 Å². The van der Waals surface area contributed by atoms with Crippen molar-refractivity contribution in [3.05, 3.63) is 212 Å². The van der Waals surface area contributed by atoms with Crippen molar-refractivity contribution in [1.29, 1.82) is 0 Å². The lowest BCUT2D eigenvalue weighted by Gasteiger charge is -2.32. The molecule has 0 aromatic heterocycles. The molecule has 0 aliphatic rings. The van der Waals surface area contributed by atoms with E-state index in [1.54, 1.807) is 0 Å². The van der Waals surface area contributed by atoms with E-state index in [0.717, 1.165) is 17.1 Å². The first-order valence-corrected chi connectivity index (χ1v) is 17.5. The van der Waals surface area contributed by atoms with Crippen molar-refractivity contribution < 1.29 is 0 Å². The minimum atomic E-state index is 1.10. The second kappa shape index (κ2) is 13.3. The maximum Gasteiger partial charge on any atom is 0.0625 e. The first-order chi connectivity index (χ1) is 25.3. The number of anilines is 3. The van der Waals surface area contributed by atoms with Gasteiger partial charge in [0.05, 0.1) is 11.4 Å². The molecule has 0 unspecified atom stereocenters. The third kappa shape index (κ3) is 5.65. The van der Waals surface area contributed by atoms with Gasteiger partial charge in [-0.3, -0.25) is 0 Å². The fourth-order valence-corrected chi connectivity index (χ4v) is 7.51. The van der Waals surface area contributed by atoms with Crippen molar-refractivity contribution in [3.8, 4) is 44.5 Å². The topological polar surface area (TPSA) is 3.24 Å². The molecule has 0 fully saturated rings. The van der Waals surface area contributed by atoms with Crippen LogP contribution in [0.15, 0.2) is 212 Å². The third-order valence-corrected chi connectivity index (χ3v) is 9.81. The number of hydrogen-bond acceptors (Lipinski definition) is 1. The predicted molar refractivity (Wildman–Crippen MR) is 218 cm³/mol. The molecule has 0 bridgehead atoms. The standard InChI is InChI=1S/C50H35N/c1-5-19-36(20-6-1)39-33-40(37-21-7-2-8-22-37)35-41(34-39)49-46-30-15-13-28-44(46)45-29-14-16-31-47(45)50(49)51(42-25-11-4-12-26-42)48-32-18-17-27-43(48)38-23-9-3-10-24-38/h1-35H. The molecule has 0 aliphatic heterocycles. The summed E-state index contributed by atoms with van der Waals surface area (Å²) in [4.78, 5) is 2.49. The molecule has 0 spiro atoms. The highest BCUT2D eigenvalue weighted by atomic mass is 15.1. The predicted octanol–water partition coefficient (Wildman–Crippen LogP) is 14.1. The third-order valence-electron chi connectivity index (χ3n) is 9.81. The van der Waals surface area contributed by atoms with Gasteiger partial charge in [0.1, 0.15) is 0 Å². The van der Waals surface area contributed by atoms with Gasteiger partial charge in [0.2, 0.25) is 0 Å². The minimum absolute atomic E-state index is 1.10. The van der Waals surface area contributed by atoms with E-state index in [-0.39, 0.29) is 0 Å². The summed E-state index contributed by atoms with van der Waals surface area (Å²) in [6.07, 6.45) is 0. The number of nitrogens with zero attached hydrogens (tertiary/aromatic N) is 1. The van der Waals surface area contributed by atoms with Crippen LogP contribution >= 0.6 is 0 Å². The zero-order valence-electron chi connectivity index (χ0n) is 28.2. The van der Waals surface area contributed by atoms with Crippen molar-refractivity contribution in [2.24, 2.45) is 0 Å². The van der Waals surface area contributed by atoms with E-state index in [0.29, 0.717) is 0 Å². The van der Waals surface area contributed by atoms with Crippen molar-refractivity contribution in [3.63, 3.8) is 0 Å². The number of para-hydroxylation sites is 2. The van der Waals surface area contributed by atoms with Crippen LogP contribution in [0.5, 0.6) is 0 Å². The van der Waals surface area contributed by atoms with Gasteiger partial charge in [-0.1, -0.05) is 176 Å². The molecule has 0 N–H and O–H groups in total. The minimum Gasteiger partial charge on any atom is -0.309 e. The van der Waals surface area contributed by atoms with Crippen molar-refractivity contribution in [2.75, 3.05) is 4.90 Å². The van der Waals surface area contributed by atoms with Crippen LogP contribution in [-0.2, 0) is 0 Å². The molecule has 240 valence electrons. The molecule has 0 saturated heterocycles. The molecule has 9 rings (SSSR count). The highest BCUT2D eigenvalue weighted by molar-refractivity contribution is 6.23. The van der Waals surface area contributed by atoms with Crippen LogP contribution in [0.4, 0.5) is 17.1 Å². The van der Waals surface area contributed by atoms with Crippen molar-refractivity contribution in [1.82, 2.24) is 0 Å². The molecule has 9 aromatic carbocycles. The molecule has 1 heteroatoms.